The summed E-state index contributed by atoms with van der Waals surface area (Å²) in [7, 11) is 0. The van der Waals surface area contributed by atoms with Gasteiger partial charge >= 0.3 is 0 Å². The Balaban J connectivity index is 2.80. The van der Waals surface area contributed by atoms with Crippen LogP contribution in [0.15, 0.2) is 16.9 Å². The second kappa shape index (κ2) is 5.66. The van der Waals surface area contributed by atoms with Gasteiger partial charge in [-0.1, -0.05) is 0 Å². The minimum Gasteiger partial charge on any atom is -0.337 e. The van der Waals surface area contributed by atoms with Crippen molar-refractivity contribution in [1.82, 2.24) is 9.97 Å². The Bertz CT molecular complexity index is 341. The second-order valence-electron chi connectivity index (χ2n) is 3.40. The van der Waals surface area contributed by atoms with Gasteiger partial charge in [0, 0.05) is 25.0 Å². The first-order valence-corrected chi connectivity index (χ1v) is 5.55. The molecule has 0 aliphatic carbocycles. The fourth-order valence-electron chi connectivity index (χ4n) is 1.21. The van der Waals surface area contributed by atoms with Crippen LogP contribution in [0.4, 0.5) is 5.95 Å². The highest BCUT2D eigenvalue weighted by Crippen LogP contribution is 2.13. The summed E-state index contributed by atoms with van der Waals surface area (Å²) >= 11 is 3.29. The molecule has 1 rings (SSSR count). The van der Waals surface area contributed by atoms with Crippen molar-refractivity contribution in [3.8, 4) is 6.07 Å². The van der Waals surface area contributed by atoms with Gasteiger partial charge in [0.2, 0.25) is 5.95 Å². The van der Waals surface area contributed by atoms with Crippen LogP contribution in [0, 0.1) is 11.3 Å². The van der Waals surface area contributed by atoms with Gasteiger partial charge in [0.05, 0.1) is 17.0 Å². The smallest absolute Gasteiger partial charge is 0.225 e. The zero-order valence-corrected chi connectivity index (χ0v) is 10.4. The number of hydrogen-bond acceptors (Lipinski definition) is 4. The van der Waals surface area contributed by atoms with Gasteiger partial charge in [0.1, 0.15) is 0 Å². The quantitative estimate of drug-likeness (QED) is 0.842. The number of nitriles is 1. The van der Waals surface area contributed by atoms with Gasteiger partial charge in [0.25, 0.3) is 0 Å². The van der Waals surface area contributed by atoms with Crippen LogP contribution < -0.4 is 4.90 Å². The van der Waals surface area contributed by atoms with Crippen molar-refractivity contribution in [2.24, 2.45) is 0 Å². The third-order valence-electron chi connectivity index (χ3n) is 1.95. The summed E-state index contributed by atoms with van der Waals surface area (Å²) < 4.78 is 0.857. The number of aromatic nitrogens is 2. The summed E-state index contributed by atoms with van der Waals surface area (Å²) in [4.78, 5) is 10.4. The number of hydrogen-bond donors (Lipinski definition) is 0. The van der Waals surface area contributed by atoms with Crippen molar-refractivity contribution < 1.29 is 0 Å². The highest BCUT2D eigenvalue weighted by molar-refractivity contribution is 9.10. The number of nitrogens with zero attached hydrogens (tertiary/aromatic N) is 4. The van der Waals surface area contributed by atoms with Gasteiger partial charge < -0.3 is 4.90 Å². The molecule has 0 unspecified atom stereocenters. The molecule has 0 radical (unpaired) electrons. The summed E-state index contributed by atoms with van der Waals surface area (Å²) in [6.07, 6.45) is 3.91. The Morgan fingerprint density at radius 3 is 2.53 bits per heavy atom. The minimum absolute atomic E-state index is 0.291. The molecule has 4 nitrogen and oxygen atoms in total. The van der Waals surface area contributed by atoms with Gasteiger partial charge in [-0.3, -0.25) is 0 Å². The molecule has 0 N–H and O–H groups in total. The first-order valence-electron chi connectivity index (χ1n) is 4.76. The molecule has 0 fully saturated rings. The van der Waals surface area contributed by atoms with Crippen molar-refractivity contribution >= 4 is 21.9 Å². The van der Waals surface area contributed by atoms with E-state index in [1.54, 1.807) is 12.4 Å². The van der Waals surface area contributed by atoms with Crippen LogP contribution in [0.3, 0.4) is 0 Å². The predicted molar refractivity (Wildman–Crippen MR) is 62.4 cm³/mol. The number of anilines is 1. The van der Waals surface area contributed by atoms with Crippen LogP contribution in [-0.4, -0.2) is 22.6 Å². The van der Waals surface area contributed by atoms with Gasteiger partial charge in [-0.2, -0.15) is 5.26 Å². The van der Waals surface area contributed by atoms with Crippen molar-refractivity contribution in [2.45, 2.75) is 26.3 Å². The Morgan fingerprint density at radius 1 is 1.47 bits per heavy atom. The lowest BCUT2D eigenvalue weighted by Gasteiger charge is -2.25. The van der Waals surface area contributed by atoms with Crippen LogP contribution in [-0.2, 0) is 0 Å². The van der Waals surface area contributed by atoms with Crippen LogP contribution in [0.5, 0.6) is 0 Å². The van der Waals surface area contributed by atoms with E-state index in [1.807, 2.05) is 4.90 Å². The normalized spacial score (nSPS) is 10.1. The first-order chi connectivity index (χ1) is 7.15. The number of halogens is 1. The van der Waals surface area contributed by atoms with E-state index in [9.17, 15) is 0 Å². The molecule has 80 valence electrons. The van der Waals surface area contributed by atoms with Crippen molar-refractivity contribution in [1.29, 1.82) is 5.26 Å². The molecule has 0 atom stereocenters. The Morgan fingerprint density at radius 2 is 2.07 bits per heavy atom. The van der Waals surface area contributed by atoms with E-state index in [1.165, 1.54) is 0 Å². The van der Waals surface area contributed by atoms with Crippen LogP contribution in [0.2, 0.25) is 0 Å². The third-order valence-corrected chi connectivity index (χ3v) is 2.36. The fraction of sp³-hybridized carbons (Fsp3) is 0.500. The van der Waals surface area contributed by atoms with Crippen molar-refractivity contribution in [3.05, 3.63) is 16.9 Å². The SMILES string of the molecule is CC(C)N(CCC#N)c1ncc(Br)cn1. The summed E-state index contributed by atoms with van der Waals surface area (Å²) in [5.74, 6) is 0.670. The van der Waals surface area contributed by atoms with E-state index < -0.39 is 0 Å². The Labute approximate surface area is 98.1 Å². The third kappa shape index (κ3) is 3.48. The highest BCUT2D eigenvalue weighted by atomic mass is 79.9. The average molecular weight is 269 g/mol. The standard InChI is InChI=1S/C10H13BrN4/c1-8(2)15(5-3-4-12)10-13-6-9(11)7-14-10/h6-8H,3,5H2,1-2H3. The van der Waals surface area contributed by atoms with E-state index in [4.69, 9.17) is 5.26 Å². The lowest BCUT2D eigenvalue weighted by atomic mass is 10.3. The summed E-state index contributed by atoms with van der Waals surface area (Å²) in [6.45, 7) is 4.78. The lowest BCUT2D eigenvalue weighted by Crippen LogP contribution is -2.33. The molecule has 0 bridgehead atoms. The maximum Gasteiger partial charge on any atom is 0.225 e. The summed E-state index contributed by atoms with van der Waals surface area (Å²) in [6, 6.07) is 2.42. The Kier molecular flexibility index (Phi) is 4.50. The van der Waals surface area contributed by atoms with E-state index in [2.05, 4.69) is 45.8 Å². The van der Waals surface area contributed by atoms with Crippen LogP contribution in [0.1, 0.15) is 20.3 Å². The second-order valence-corrected chi connectivity index (χ2v) is 4.31. The van der Waals surface area contributed by atoms with E-state index >= 15 is 0 Å². The maximum absolute atomic E-state index is 8.56. The van der Waals surface area contributed by atoms with E-state index in [0.29, 0.717) is 25.0 Å². The molecule has 0 aliphatic rings. The van der Waals surface area contributed by atoms with E-state index in [-0.39, 0.29) is 0 Å². The molecule has 5 heteroatoms. The zero-order chi connectivity index (χ0) is 11.3. The molecular formula is C10H13BrN4. The molecule has 15 heavy (non-hydrogen) atoms. The van der Waals surface area contributed by atoms with Crippen molar-refractivity contribution in [3.63, 3.8) is 0 Å². The molecule has 0 amide bonds. The average Bonchev–Trinajstić information content (AvgIpc) is 2.21. The largest absolute Gasteiger partial charge is 0.337 e. The van der Waals surface area contributed by atoms with Crippen molar-refractivity contribution in [2.75, 3.05) is 11.4 Å². The minimum atomic E-state index is 0.291. The number of rotatable bonds is 4. The predicted octanol–water partition coefficient (Wildman–Crippen LogP) is 2.37. The van der Waals surface area contributed by atoms with Crippen LogP contribution >= 0.6 is 15.9 Å². The first kappa shape index (κ1) is 11.9. The lowest BCUT2D eigenvalue weighted by molar-refractivity contribution is 0.665. The zero-order valence-electron chi connectivity index (χ0n) is 8.81. The van der Waals surface area contributed by atoms with E-state index in [0.717, 1.165) is 4.47 Å². The molecule has 0 saturated carbocycles. The molecule has 0 spiro atoms. The molecule has 1 heterocycles. The van der Waals surface area contributed by atoms with Gasteiger partial charge in [-0.05, 0) is 29.8 Å². The highest BCUT2D eigenvalue weighted by Gasteiger charge is 2.12. The summed E-state index contributed by atoms with van der Waals surface area (Å²) in [5.41, 5.74) is 0. The van der Waals surface area contributed by atoms with Gasteiger partial charge in [-0.15, -0.1) is 0 Å². The molecular weight excluding hydrogens is 256 g/mol. The molecule has 0 aromatic carbocycles. The Hall–Kier alpha value is -1.15. The molecule has 0 saturated heterocycles. The van der Waals surface area contributed by atoms with Crippen LogP contribution in [0.25, 0.3) is 0 Å². The molecule has 1 aromatic rings. The topological polar surface area (TPSA) is 52.8 Å². The maximum atomic E-state index is 8.56. The molecule has 1 aromatic heterocycles. The van der Waals surface area contributed by atoms with Gasteiger partial charge in [0.15, 0.2) is 0 Å². The fourth-order valence-corrected chi connectivity index (χ4v) is 1.42. The monoisotopic (exact) mass is 268 g/mol. The molecule has 0 aliphatic heterocycles. The van der Waals surface area contributed by atoms with Gasteiger partial charge in [-0.25, -0.2) is 9.97 Å². The summed E-state index contributed by atoms with van der Waals surface area (Å²) in [5, 5.41) is 8.56.